The molecule has 0 radical (unpaired) electrons. The lowest BCUT2D eigenvalue weighted by molar-refractivity contribution is 0.0792. The first kappa shape index (κ1) is 50.0. The Morgan fingerprint density at radius 3 is 1.43 bits per heavy atom. The molecule has 1 aliphatic heterocycles. The van der Waals surface area contributed by atoms with E-state index in [2.05, 4.69) is 104 Å². The van der Waals surface area contributed by atoms with Crippen molar-refractivity contribution in [2.75, 3.05) is 58.8 Å². The quantitative estimate of drug-likeness (QED) is 0.0830. The molecule has 6 aromatic carbocycles. The highest BCUT2D eigenvalue weighted by molar-refractivity contribution is 6.00. The van der Waals surface area contributed by atoms with Crippen LogP contribution in [-0.4, -0.2) is 113 Å². The Kier molecular flexibility index (Phi) is 15.4. The van der Waals surface area contributed by atoms with E-state index >= 15 is 0 Å². The number of ether oxygens (including phenoxy) is 2. The third kappa shape index (κ3) is 12.1. The van der Waals surface area contributed by atoms with Crippen molar-refractivity contribution in [3.63, 3.8) is 0 Å². The maximum absolute atomic E-state index is 9.76. The van der Waals surface area contributed by atoms with E-state index in [1.807, 2.05) is 119 Å². The lowest BCUT2D eigenvalue weighted by Gasteiger charge is -2.29. The average Bonchev–Trinajstić information content (AvgIpc) is 4.03. The molecule has 1 aliphatic rings. The SMILES string of the molecule is CN(C)CCCN(C)Cc1ccc(-n2nc(-c3ccc(Oc4ccccc4)cc3)c3c(N)ncnc32)cc1.Nc1ncnc2c1c(-c1ccc(Oc3ccccc3)cc1)nn2-c1ccc(CN2CCC(O)CC2)cc1. The summed E-state index contributed by atoms with van der Waals surface area (Å²) in [6, 6.07) is 51.8. The van der Waals surface area contributed by atoms with Gasteiger partial charge in [-0.05, 0) is 162 Å². The number of piperidine rings is 1. The molecular weight excluding hydrogens is 939 g/mol. The van der Waals surface area contributed by atoms with E-state index in [0.29, 0.717) is 22.9 Å². The van der Waals surface area contributed by atoms with Gasteiger partial charge in [0, 0.05) is 37.3 Å². The fourth-order valence-electron chi connectivity index (χ4n) is 9.19. The van der Waals surface area contributed by atoms with Gasteiger partial charge in [-0.3, -0.25) is 4.90 Å². The van der Waals surface area contributed by atoms with E-state index in [1.165, 1.54) is 23.8 Å². The number of para-hydroxylation sites is 2. The average molecular weight is 1000 g/mol. The van der Waals surface area contributed by atoms with Crippen molar-refractivity contribution in [3.05, 3.63) is 182 Å². The molecule has 11 rings (SSSR count). The number of hydrogen-bond donors (Lipinski definition) is 3. The monoisotopic (exact) mass is 1000 g/mol. The van der Waals surface area contributed by atoms with Crippen molar-refractivity contribution in [3.8, 4) is 56.9 Å². The van der Waals surface area contributed by atoms with E-state index < -0.39 is 0 Å². The lowest BCUT2D eigenvalue weighted by atomic mass is 10.1. The van der Waals surface area contributed by atoms with E-state index in [1.54, 1.807) is 0 Å². The third-order valence-corrected chi connectivity index (χ3v) is 13.1. The van der Waals surface area contributed by atoms with Crippen LogP contribution in [0.5, 0.6) is 23.0 Å². The van der Waals surface area contributed by atoms with Crippen molar-refractivity contribution in [2.24, 2.45) is 0 Å². The molecule has 1 saturated heterocycles. The minimum Gasteiger partial charge on any atom is -0.457 e. The Hall–Kier alpha value is -8.54. The number of hydrogen-bond acceptors (Lipinski definition) is 14. The Balaban J connectivity index is 0.000000171. The molecule has 0 amide bonds. The number of rotatable bonds is 16. The molecule has 16 nitrogen and oxygen atoms in total. The minimum atomic E-state index is -0.164. The molecule has 0 atom stereocenters. The Morgan fingerprint density at radius 2 is 0.973 bits per heavy atom. The first-order valence-electron chi connectivity index (χ1n) is 25.2. The Bertz CT molecular complexity index is 3430. The largest absolute Gasteiger partial charge is 0.457 e. The third-order valence-electron chi connectivity index (χ3n) is 13.1. The van der Waals surface area contributed by atoms with Gasteiger partial charge in [0.05, 0.1) is 28.3 Å². The second kappa shape index (κ2) is 23.1. The molecule has 0 aliphatic carbocycles. The summed E-state index contributed by atoms with van der Waals surface area (Å²) in [5, 5.41) is 21.0. The van der Waals surface area contributed by atoms with Gasteiger partial charge in [-0.1, -0.05) is 60.7 Å². The normalized spacial score (nSPS) is 13.1. The van der Waals surface area contributed by atoms with Crippen molar-refractivity contribution < 1.29 is 14.6 Å². The zero-order valence-corrected chi connectivity index (χ0v) is 42.4. The zero-order chi connectivity index (χ0) is 51.7. The second-order valence-corrected chi connectivity index (χ2v) is 19.0. The number of fused-ring (bicyclic) bond motifs is 2. The fraction of sp³-hybridized carbons (Fsp3) is 0.220. The number of aliphatic hydroxyl groups is 1. The van der Waals surface area contributed by atoms with Gasteiger partial charge < -0.3 is 35.8 Å². The molecule has 4 aromatic heterocycles. The molecule has 10 aromatic rings. The summed E-state index contributed by atoms with van der Waals surface area (Å²) in [6.45, 7) is 5.74. The van der Waals surface area contributed by atoms with Crippen molar-refractivity contribution >= 4 is 33.7 Å². The van der Waals surface area contributed by atoms with E-state index in [9.17, 15) is 5.11 Å². The van der Waals surface area contributed by atoms with Gasteiger partial charge in [-0.25, -0.2) is 29.3 Å². The first-order valence-corrected chi connectivity index (χ1v) is 25.2. The summed E-state index contributed by atoms with van der Waals surface area (Å²) < 4.78 is 15.5. The maximum Gasteiger partial charge on any atom is 0.169 e. The van der Waals surface area contributed by atoms with Crippen LogP contribution in [0.2, 0.25) is 0 Å². The van der Waals surface area contributed by atoms with Crippen LogP contribution in [0, 0.1) is 0 Å². The molecule has 5 heterocycles. The fourth-order valence-corrected chi connectivity index (χ4v) is 9.19. The summed E-state index contributed by atoms with van der Waals surface area (Å²) in [4.78, 5) is 24.4. The van der Waals surface area contributed by atoms with Crippen LogP contribution in [0.4, 0.5) is 11.6 Å². The van der Waals surface area contributed by atoms with Gasteiger partial charge in [-0.2, -0.15) is 10.2 Å². The predicted molar refractivity (Wildman–Crippen MR) is 296 cm³/mol. The molecule has 0 spiro atoms. The van der Waals surface area contributed by atoms with Gasteiger partial charge in [-0.15, -0.1) is 0 Å². The van der Waals surface area contributed by atoms with Crippen molar-refractivity contribution in [1.82, 2.24) is 54.2 Å². The number of nitrogens with two attached hydrogens (primary N) is 2. The summed E-state index contributed by atoms with van der Waals surface area (Å²) in [5.41, 5.74) is 21.5. The van der Waals surface area contributed by atoms with Crippen LogP contribution >= 0.6 is 0 Å². The summed E-state index contributed by atoms with van der Waals surface area (Å²) in [5.74, 6) is 3.84. The number of benzene rings is 6. The van der Waals surface area contributed by atoms with E-state index in [4.69, 9.17) is 31.1 Å². The van der Waals surface area contributed by atoms with Crippen LogP contribution in [-0.2, 0) is 13.1 Å². The van der Waals surface area contributed by atoms with Crippen LogP contribution < -0.4 is 20.9 Å². The molecule has 380 valence electrons. The first-order chi connectivity index (χ1) is 36.6. The molecule has 5 N–H and O–H groups in total. The molecule has 0 bridgehead atoms. The molecular formula is C59H61N13O3. The molecule has 0 saturated carbocycles. The van der Waals surface area contributed by atoms with Gasteiger partial charge in [0.2, 0.25) is 0 Å². The highest BCUT2D eigenvalue weighted by Crippen LogP contribution is 2.35. The highest BCUT2D eigenvalue weighted by Gasteiger charge is 2.21. The molecule has 0 unspecified atom stereocenters. The number of aliphatic hydroxyl groups excluding tert-OH is 1. The summed E-state index contributed by atoms with van der Waals surface area (Å²) in [7, 11) is 6.38. The van der Waals surface area contributed by atoms with Gasteiger partial charge >= 0.3 is 0 Å². The van der Waals surface area contributed by atoms with Crippen LogP contribution in [0.25, 0.3) is 56.0 Å². The Labute approximate surface area is 436 Å². The smallest absolute Gasteiger partial charge is 0.169 e. The van der Waals surface area contributed by atoms with Gasteiger partial charge in [0.15, 0.2) is 11.3 Å². The maximum atomic E-state index is 9.76. The van der Waals surface area contributed by atoms with Crippen molar-refractivity contribution in [1.29, 1.82) is 0 Å². The molecule has 16 heteroatoms. The number of nitrogen functional groups attached to an aromatic ring is 2. The summed E-state index contributed by atoms with van der Waals surface area (Å²) in [6.07, 6.45) is 5.59. The second-order valence-electron chi connectivity index (χ2n) is 19.0. The van der Waals surface area contributed by atoms with Crippen molar-refractivity contribution in [2.45, 2.75) is 38.5 Å². The lowest BCUT2D eigenvalue weighted by Crippen LogP contribution is -2.35. The number of aromatic nitrogens is 8. The zero-order valence-electron chi connectivity index (χ0n) is 42.4. The number of anilines is 2. The topological polar surface area (TPSA) is 188 Å². The van der Waals surface area contributed by atoms with Crippen LogP contribution in [0.15, 0.2) is 170 Å². The van der Waals surface area contributed by atoms with Crippen LogP contribution in [0.1, 0.15) is 30.4 Å². The summed E-state index contributed by atoms with van der Waals surface area (Å²) >= 11 is 0. The minimum absolute atomic E-state index is 0.164. The van der Waals surface area contributed by atoms with E-state index in [0.717, 1.165) is 126 Å². The Morgan fingerprint density at radius 1 is 0.533 bits per heavy atom. The molecule has 75 heavy (non-hydrogen) atoms. The van der Waals surface area contributed by atoms with E-state index in [-0.39, 0.29) is 6.10 Å². The molecule has 1 fully saturated rings. The van der Waals surface area contributed by atoms with Gasteiger partial charge in [0.25, 0.3) is 0 Å². The predicted octanol–water partition coefficient (Wildman–Crippen LogP) is 10.1. The van der Waals surface area contributed by atoms with Crippen LogP contribution in [0.3, 0.4) is 0 Å². The standard InChI is InChI=1S/C30H33N7O.C29H28N6O2/c1-35(2)18-7-19-36(3)20-22-10-14-24(15-11-22)37-30-27(29(31)32-21-33-30)28(34-37)23-12-16-26(17-13-23)38-25-8-5-4-6-9-25;30-28-26-27(21-8-12-25(13-9-21)37-24-4-2-1-3-5-24)33-35(29(26)32-19-31-28)22-10-6-20(7-11-22)18-34-16-14-23(36)15-17-34/h4-6,8-17,21H,7,18-20H2,1-3H3,(H2,31,32,33);1-13,19,23,36H,14-18H2,(H2,30,31,32). The number of nitrogens with zero attached hydrogens (tertiary/aromatic N) is 11. The number of likely N-dealkylation sites (tertiary alicyclic amines) is 1. The van der Waals surface area contributed by atoms with Gasteiger partial charge in [0.1, 0.15) is 58.7 Å². The highest BCUT2D eigenvalue weighted by atomic mass is 16.5.